The SMILES string of the molecule is CC1C=CC2=C(C(=O)C(=S)S2)C1=C(C(=O)O)c1ccccc1. The first kappa shape index (κ1) is 14.9. The molecule has 3 rings (SSSR count). The molecule has 1 heterocycles. The molecule has 0 saturated carbocycles. The maximum absolute atomic E-state index is 12.4. The Morgan fingerprint density at radius 3 is 2.59 bits per heavy atom. The number of thioether (sulfide) groups is 1. The van der Waals surface area contributed by atoms with Crippen molar-refractivity contribution in [1.29, 1.82) is 0 Å². The average molecular weight is 328 g/mol. The predicted octanol–water partition coefficient (Wildman–Crippen LogP) is 3.63. The number of carbonyl (C=O) groups excluding carboxylic acids is 1. The minimum atomic E-state index is -1.04. The molecule has 5 heteroatoms. The third kappa shape index (κ3) is 2.36. The van der Waals surface area contributed by atoms with Crippen LogP contribution in [0.5, 0.6) is 0 Å². The van der Waals surface area contributed by atoms with Crippen molar-refractivity contribution in [2.45, 2.75) is 6.92 Å². The molecule has 1 aromatic carbocycles. The van der Waals surface area contributed by atoms with Crippen molar-refractivity contribution in [3.05, 3.63) is 64.1 Å². The lowest BCUT2D eigenvalue weighted by Crippen LogP contribution is -2.17. The van der Waals surface area contributed by atoms with Crippen LogP contribution in [-0.4, -0.2) is 21.1 Å². The third-order valence-corrected chi connectivity index (χ3v) is 5.03. The number of carboxylic acid groups (broad SMARTS) is 1. The van der Waals surface area contributed by atoms with E-state index in [0.29, 0.717) is 16.7 Å². The van der Waals surface area contributed by atoms with Crippen LogP contribution < -0.4 is 0 Å². The third-order valence-electron chi connectivity index (χ3n) is 3.67. The summed E-state index contributed by atoms with van der Waals surface area (Å²) >= 11 is 6.32. The maximum atomic E-state index is 12.4. The number of ketones is 1. The second-order valence-corrected chi connectivity index (χ2v) is 6.78. The van der Waals surface area contributed by atoms with Gasteiger partial charge in [0.15, 0.2) is 0 Å². The number of hydrogen-bond donors (Lipinski definition) is 1. The first-order valence-electron chi connectivity index (χ1n) is 6.73. The number of benzene rings is 1. The number of rotatable bonds is 2. The zero-order valence-corrected chi connectivity index (χ0v) is 13.3. The average Bonchev–Trinajstić information content (AvgIpc) is 2.78. The predicted molar refractivity (Wildman–Crippen MR) is 91.5 cm³/mol. The number of aliphatic carboxylic acids is 1. The Labute approximate surface area is 137 Å². The van der Waals surface area contributed by atoms with E-state index in [2.05, 4.69) is 0 Å². The van der Waals surface area contributed by atoms with E-state index >= 15 is 0 Å². The maximum Gasteiger partial charge on any atom is 0.336 e. The molecule has 0 saturated heterocycles. The van der Waals surface area contributed by atoms with Gasteiger partial charge in [-0.15, -0.1) is 0 Å². The second kappa shape index (κ2) is 5.66. The summed E-state index contributed by atoms with van der Waals surface area (Å²) in [5, 5.41) is 9.71. The molecule has 3 nitrogen and oxygen atoms in total. The first-order valence-corrected chi connectivity index (χ1v) is 7.95. The highest BCUT2D eigenvalue weighted by Crippen LogP contribution is 2.44. The zero-order valence-electron chi connectivity index (χ0n) is 11.7. The summed E-state index contributed by atoms with van der Waals surface area (Å²) in [7, 11) is 0. The lowest BCUT2D eigenvalue weighted by atomic mass is 9.82. The van der Waals surface area contributed by atoms with E-state index in [9.17, 15) is 14.7 Å². The summed E-state index contributed by atoms with van der Waals surface area (Å²) in [4.78, 5) is 25.0. The van der Waals surface area contributed by atoms with Gasteiger partial charge in [-0.3, -0.25) is 4.79 Å². The normalized spacial score (nSPS) is 22.9. The molecule has 1 N–H and O–H groups in total. The van der Waals surface area contributed by atoms with Crippen molar-refractivity contribution in [2.24, 2.45) is 5.92 Å². The van der Waals surface area contributed by atoms with Gasteiger partial charge in [0, 0.05) is 16.4 Å². The molecule has 0 spiro atoms. The Hall–Kier alpha value is -1.98. The van der Waals surface area contributed by atoms with Crippen LogP contribution in [0.15, 0.2) is 58.5 Å². The zero-order chi connectivity index (χ0) is 15.9. The van der Waals surface area contributed by atoms with Crippen LogP contribution in [-0.2, 0) is 9.59 Å². The fraction of sp³-hybridized carbons (Fsp3) is 0.118. The Balaban J connectivity index is 2.30. The van der Waals surface area contributed by atoms with Gasteiger partial charge in [-0.25, -0.2) is 4.79 Å². The lowest BCUT2D eigenvalue weighted by Gasteiger charge is -2.21. The first-order chi connectivity index (χ1) is 10.5. The Morgan fingerprint density at radius 2 is 1.95 bits per heavy atom. The minimum Gasteiger partial charge on any atom is -0.478 e. The molecule has 0 bridgehead atoms. The minimum absolute atomic E-state index is 0.157. The standard InChI is InChI=1S/C17H12O3S2/c1-9-7-8-11-14(15(18)17(21)22-11)12(9)13(16(19)20)10-5-3-2-4-6-10/h2-9H,1H3,(H,19,20). The molecule has 22 heavy (non-hydrogen) atoms. The van der Waals surface area contributed by atoms with E-state index in [1.165, 1.54) is 11.8 Å². The van der Waals surface area contributed by atoms with E-state index in [4.69, 9.17) is 12.2 Å². The summed E-state index contributed by atoms with van der Waals surface area (Å²) in [6.45, 7) is 1.89. The number of carboxylic acids is 1. The summed E-state index contributed by atoms with van der Waals surface area (Å²) in [5.74, 6) is -1.43. The molecule has 0 radical (unpaired) electrons. The van der Waals surface area contributed by atoms with E-state index in [1.54, 1.807) is 24.3 Å². The molecule has 0 amide bonds. The summed E-state index contributed by atoms with van der Waals surface area (Å²) in [6, 6.07) is 8.88. The quantitative estimate of drug-likeness (QED) is 0.664. The molecule has 1 unspecified atom stereocenters. The Kier molecular flexibility index (Phi) is 3.85. The molecule has 110 valence electrons. The van der Waals surface area contributed by atoms with Gasteiger partial charge in [0.25, 0.3) is 0 Å². The van der Waals surface area contributed by atoms with Crippen molar-refractivity contribution < 1.29 is 14.7 Å². The van der Waals surface area contributed by atoms with Crippen molar-refractivity contribution >= 4 is 45.5 Å². The molecule has 1 aliphatic carbocycles. The molecule has 1 atom stereocenters. The van der Waals surface area contributed by atoms with E-state index in [1.807, 2.05) is 25.1 Å². The van der Waals surface area contributed by atoms with Crippen LogP contribution in [0, 0.1) is 5.92 Å². The van der Waals surface area contributed by atoms with Gasteiger partial charge >= 0.3 is 5.97 Å². The van der Waals surface area contributed by atoms with Crippen molar-refractivity contribution in [2.75, 3.05) is 0 Å². The molecule has 0 fully saturated rings. The highest BCUT2D eigenvalue weighted by Gasteiger charge is 2.37. The van der Waals surface area contributed by atoms with Gasteiger partial charge in [0.05, 0.1) is 5.57 Å². The van der Waals surface area contributed by atoms with Gasteiger partial charge in [-0.1, -0.05) is 73.4 Å². The summed E-state index contributed by atoms with van der Waals surface area (Å²) < 4.78 is 0.277. The van der Waals surface area contributed by atoms with Crippen molar-refractivity contribution in [3.63, 3.8) is 0 Å². The van der Waals surface area contributed by atoms with Crippen LogP contribution in [0.4, 0.5) is 0 Å². The van der Waals surface area contributed by atoms with Crippen LogP contribution in [0.3, 0.4) is 0 Å². The van der Waals surface area contributed by atoms with Gasteiger partial charge < -0.3 is 5.11 Å². The lowest BCUT2D eigenvalue weighted by molar-refractivity contribution is -0.130. The number of carbonyl (C=O) groups is 2. The summed E-state index contributed by atoms with van der Waals surface area (Å²) in [6.07, 6.45) is 3.77. The molecule has 2 aliphatic rings. The number of allylic oxidation sites excluding steroid dienone is 4. The molecule has 1 aromatic rings. The molecular weight excluding hydrogens is 316 g/mol. The van der Waals surface area contributed by atoms with Crippen molar-refractivity contribution in [1.82, 2.24) is 0 Å². The largest absolute Gasteiger partial charge is 0.478 e. The van der Waals surface area contributed by atoms with Crippen LogP contribution in [0.25, 0.3) is 5.57 Å². The molecule has 0 aromatic heterocycles. The number of hydrogen-bond acceptors (Lipinski definition) is 4. The monoisotopic (exact) mass is 328 g/mol. The highest BCUT2D eigenvalue weighted by molar-refractivity contribution is 8.28. The van der Waals surface area contributed by atoms with E-state index < -0.39 is 5.97 Å². The fourth-order valence-electron chi connectivity index (χ4n) is 2.69. The van der Waals surface area contributed by atoms with Gasteiger partial charge in [-0.2, -0.15) is 0 Å². The highest BCUT2D eigenvalue weighted by atomic mass is 32.2. The van der Waals surface area contributed by atoms with Gasteiger partial charge in [-0.05, 0) is 11.1 Å². The topological polar surface area (TPSA) is 54.4 Å². The van der Waals surface area contributed by atoms with Gasteiger partial charge in [0.2, 0.25) is 5.78 Å². The Bertz CT molecular complexity index is 785. The smallest absolute Gasteiger partial charge is 0.336 e. The van der Waals surface area contributed by atoms with Crippen LogP contribution in [0.1, 0.15) is 12.5 Å². The van der Waals surface area contributed by atoms with E-state index in [-0.39, 0.29) is 21.5 Å². The number of thiocarbonyl (C=S) groups is 1. The number of Topliss-reactive ketones (excluding diaryl/α,β-unsaturated/α-hetero) is 1. The summed E-state index contributed by atoms with van der Waals surface area (Å²) in [5.41, 5.74) is 1.76. The van der Waals surface area contributed by atoms with Gasteiger partial charge in [0.1, 0.15) is 4.20 Å². The molecular formula is C17H12O3S2. The van der Waals surface area contributed by atoms with E-state index in [0.717, 1.165) is 4.91 Å². The fourth-order valence-corrected chi connectivity index (χ4v) is 3.91. The van der Waals surface area contributed by atoms with Crippen LogP contribution >= 0.6 is 24.0 Å². The van der Waals surface area contributed by atoms with Crippen molar-refractivity contribution in [3.8, 4) is 0 Å². The van der Waals surface area contributed by atoms with Crippen LogP contribution in [0.2, 0.25) is 0 Å². The second-order valence-electron chi connectivity index (χ2n) is 5.07. The molecule has 1 aliphatic heterocycles. The Morgan fingerprint density at radius 1 is 1.27 bits per heavy atom.